The lowest BCUT2D eigenvalue weighted by atomic mass is 9.80. The van der Waals surface area contributed by atoms with Crippen molar-refractivity contribution in [1.29, 1.82) is 5.26 Å². The summed E-state index contributed by atoms with van der Waals surface area (Å²) in [5.74, 6) is -1.46. The molecule has 1 spiro atoms. The molecule has 196 valence electrons. The van der Waals surface area contributed by atoms with Crippen molar-refractivity contribution in [2.45, 2.75) is 44.2 Å². The van der Waals surface area contributed by atoms with Gasteiger partial charge >= 0.3 is 0 Å². The predicted octanol–water partition coefficient (Wildman–Crippen LogP) is 5.20. The van der Waals surface area contributed by atoms with Crippen LogP contribution in [0.15, 0.2) is 42.5 Å². The number of likely N-dealkylation sites (tertiary alicyclic amines) is 1. The highest BCUT2D eigenvalue weighted by molar-refractivity contribution is 7.21. The molecule has 1 fully saturated rings. The number of nitriles is 1. The molecule has 0 saturated carbocycles. The number of likely N-dealkylation sites (N-methyl/N-ethyl adjacent to an activating group) is 1. The zero-order valence-corrected chi connectivity index (χ0v) is 22.7. The topological polar surface area (TPSA) is 93.5 Å². The Hall–Kier alpha value is -3.48. The summed E-state index contributed by atoms with van der Waals surface area (Å²) in [4.78, 5) is 43.9. The predicted molar refractivity (Wildman–Crippen MR) is 145 cm³/mol. The number of rotatable bonds is 5. The van der Waals surface area contributed by atoms with Gasteiger partial charge in [0.05, 0.1) is 16.5 Å². The highest BCUT2D eigenvalue weighted by Gasteiger charge is 2.56. The quantitative estimate of drug-likeness (QED) is 0.471. The van der Waals surface area contributed by atoms with Gasteiger partial charge in [0.2, 0.25) is 11.8 Å². The summed E-state index contributed by atoms with van der Waals surface area (Å²) in [6.45, 7) is 3.94. The van der Waals surface area contributed by atoms with Crippen LogP contribution in [-0.2, 0) is 15.0 Å². The summed E-state index contributed by atoms with van der Waals surface area (Å²) >= 11 is 7.59. The first-order valence-corrected chi connectivity index (χ1v) is 13.5. The van der Waals surface area contributed by atoms with Crippen LogP contribution in [0.2, 0.25) is 5.02 Å². The minimum Gasteiger partial charge on any atom is -0.329 e. The second-order valence-electron chi connectivity index (χ2n) is 10.3. The van der Waals surface area contributed by atoms with Crippen molar-refractivity contribution in [3.8, 4) is 6.07 Å². The molecule has 10 heteroatoms. The smallest absolute Gasteiger partial charge is 0.265 e. The van der Waals surface area contributed by atoms with Crippen LogP contribution in [0.3, 0.4) is 0 Å². The molecule has 1 unspecified atom stereocenters. The van der Waals surface area contributed by atoms with Crippen molar-refractivity contribution >= 4 is 56.4 Å². The number of fused-ring (bicyclic) bond motifs is 3. The van der Waals surface area contributed by atoms with E-state index in [4.69, 9.17) is 11.6 Å². The highest BCUT2D eigenvalue weighted by atomic mass is 35.5. The van der Waals surface area contributed by atoms with Gasteiger partial charge in [-0.05, 0) is 42.2 Å². The summed E-state index contributed by atoms with van der Waals surface area (Å²) in [5, 5.41) is 13.7. The number of nitrogens with one attached hydrogen (secondary N) is 1. The Labute approximate surface area is 228 Å². The van der Waals surface area contributed by atoms with Gasteiger partial charge in [-0.2, -0.15) is 5.26 Å². The summed E-state index contributed by atoms with van der Waals surface area (Å²) in [7, 11) is 1.54. The average molecular weight is 553 g/mol. The molecule has 3 amide bonds. The average Bonchev–Trinajstić information content (AvgIpc) is 3.53. The molecule has 38 heavy (non-hydrogen) atoms. The van der Waals surface area contributed by atoms with Crippen molar-refractivity contribution in [2.75, 3.05) is 18.9 Å². The number of anilines is 1. The van der Waals surface area contributed by atoms with Gasteiger partial charge < -0.3 is 15.1 Å². The van der Waals surface area contributed by atoms with Gasteiger partial charge in [-0.3, -0.25) is 14.4 Å². The Morgan fingerprint density at radius 3 is 2.76 bits per heavy atom. The third kappa shape index (κ3) is 4.12. The van der Waals surface area contributed by atoms with Crippen LogP contribution in [0, 0.1) is 23.1 Å². The van der Waals surface area contributed by atoms with E-state index in [0.717, 1.165) is 16.9 Å². The zero-order valence-electron chi connectivity index (χ0n) is 21.1. The Morgan fingerprint density at radius 1 is 1.32 bits per heavy atom. The molecule has 0 bridgehead atoms. The van der Waals surface area contributed by atoms with Gasteiger partial charge in [-0.25, -0.2) is 4.39 Å². The molecule has 2 aromatic carbocycles. The van der Waals surface area contributed by atoms with Crippen molar-refractivity contribution in [2.24, 2.45) is 5.92 Å². The number of carbonyl (C=O) groups excluding carboxylic acids is 3. The number of halogens is 2. The maximum absolute atomic E-state index is 14.1. The molecule has 3 atom stereocenters. The van der Waals surface area contributed by atoms with Crippen LogP contribution in [0.25, 0.3) is 10.1 Å². The first kappa shape index (κ1) is 26.1. The van der Waals surface area contributed by atoms with E-state index >= 15 is 0 Å². The molecule has 1 saturated heterocycles. The molecule has 3 heterocycles. The van der Waals surface area contributed by atoms with E-state index in [2.05, 4.69) is 11.4 Å². The zero-order chi connectivity index (χ0) is 27.4. The fourth-order valence-electron chi connectivity index (χ4n) is 5.53. The Bertz CT molecular complexity index is 1520. The van der Waals surface area contributed by atoms with Gasteiger partial charge in [0, 0.05) is 35.8 Å². The summed E-state index contributed by atoms with van der Waals surface area (Å²) in [6, 6.07) is 12.0. The van der Waals surface area contributed by atoms with Crippen LogP contribution in [0.5, 0.6) is 0 Å². The third-order valence-corrected chi connectivity index (χ3v) is 9.11. The minimum atomic E-state index is -1.02. The molecule has 3 aromatic rings. The molecule has 0 aliphatic carbocycles. The van der Waals surface area contributed by atoms with E-state index in [0.29, 0.717) is 22.2 Å². The lowest BCUT2D eigenvalue weighted by Gasteiger charge is -2.33. The maximum Gasteiger partial charge on any atom is 0.265 e. The van der Waals surface area contributed by atoms with Gasteiger partial charge in [-0.1, -0.05) is 43.6 Å². The van der Waals surface area contributed by atoms with Gasteiger partial charge in [-0.15, -0.1) is 11.3 Å². The first-order valence-electron chi connectivity index (χ1n) is 12.3. The normalized spacial score (nSPS) is 21.0. The standard InChI is InChI=1S/C28H26ClFN4O3S/c1-15(2)10-21(33(3)26(36)24-23(29)18-9-8-16(30)11-22(18)38-24)25(35)34-14-28(12-17(34)13-31)19-6-4-5-7-20(19)32-27(28)37/h4-9,11,15,17,21H,10,12,14H2,1-3H3,(H,32,37)/t17-,21?,28-/m0/s1. The van der Waals surface area contributed by atoms with Crippen LogP contribution in [0.4, 0.5) is 10.1 Å². The van der Waals surface area contributed by atoms with E-state index in [1.165, 1.54) is 28.0 Å². The fraction of sp³-hybridized carbons (Fsp3) is 0.357. The number of hydrogen-bond acceptors (Lipinski definition) is 5. The Balaban J connectivity index is 1.48. The number of hydrogen-bond donors (Lipinski definition) is 1. The summed E-state index contributed by atoms with van der Waals surface area (Å²) in [5.41, 5.74) is 0.441. The number of para-hydroxylation sites is 1. The van der Waals surface area contributed by atoms with Crippen LogP contribution in [0.1, 0.15) is 41.9 Å². The number of thiophene rings is 1. The highest BCUT2D eigenvalue weighted by Crippen LogP contribution is 2.46. The molecular formula is C28H26ClFN4O3S. The van der Waals surface area contributed by atoms with Gasteiger partial charge in [0.1, 0.15) is 22.8 Å². The molecule has 1 aromatic heterocycles. The number of carbonyl (C=O) groups is 3. The Morgan fingerprint density at radius 2 is 2.05 bits per heavy atom. The second-order valence-corrected chi connectivity index (χ2v) is 11.8. The van der Waals surface area contributed by atoms with Crippen LogP contribution in [-0.4, -0.2) is 53.2 Å². The van der Waals surface area contributed by atoms with E-state index in [1.54, 1.807) is 7.05 Å². The summed E-state index contributed by atoms with van der Waals surface area (Å²) in [6.07, 6.45) is 0.528. The van der Waals surface area contributed by atoms with Gasteiger partial charge in [0.15, 0.2) is 0 Å². The first-order chi connectivity index (χ1) is 18.1. The monoisotopic (exact) mass is 552 g/mol. The van der Waals surface area contributed by atoms with E-state index in [1.807, 2.05) is 38.1 Å². The third-order valence-electron chi connectivity index (χ3n) is 7.47. The molecule has 7 nitrogen and oxygen atoms in total. The SMILES string of the molecule is CC(C)CC(C(=O)N1C[C@]2(C[C@H]1C#N)C(=O)Nc1ccccc12)N(C)C(=O)c1sc2cc(F)ccc2c1Cl. The Kier molecular flexibility index (Phi) is 6.66. The number of benzene rings is 2. The molecule has 1 N–H and O–H groups in total. The molecular weight excluding hydrogens is 527 g/mol. The van der Waals surface area contributed by atoms with Crippen molar-refractivity contribution in [1.82, 2.24) is 9.80 Å². The lowest BCUT2D eigenvalue weighted by Crippen LogP contribution is -2.51. The second kappa shape index (κ2) is 9.68. The van der Waals surface area contributed by atoms with Crippen molar-refractivity contribution in [3.63, 3.8) is 0 Å². The lowest BCUT2D eigenvalue weighted by molar-refractivity contribution is -0.136. The van der Waals surface area contributed by atoms with E-state index in [-0.39, 0.29) is 34.7 Å². The van der Waals surface area contributed by atoms with E-state index in [9.17, 15) is 24.0 Å². The fourth-order valence-corrected chi connectivity index (χ4v) is 7.05. The van der Waals surface area contributed by atoms with Crippen LogP contribution < -0.4 is 5.32 Å². The maximum atomic E-state index is 14.1. The number of amides is 3. The molecule has 2 aliphatic heterocycles. The van der Waals surface area contributed by atoms with Crippen molar-refractivity contribution in [3.05, 3.63) is 63.7 Å². The van der Waals surface area contributed by atoms with Gasteiger partial charge in [0.25, 0.3) is 5.91 Å². The minimum absolute atomic E-state index is 0.0481. The van der Waals surface area contributed by atoms with E-state index < -0.39 is 35.1 Å². The summed E-state index contributed by atoms with van der Waals surface area (Å²) < 4.78 is 14.3. The van der Waals surface area contributed by atoms with Crippen LogP contribution >= 0.6 is 22.9 Å². The molecule has 5 rings (SSSR count). The number of nitrogens with zero attached hydrogens (tertiary/aromatic N) is 3. The molecule has 0 radical (unpaired) electrons. The largest absolute Gasteiger partial charge is 0.329 e. The van der Waals surface area contributed by atoms with Crippen molar-refractivity contribution < 1.29 is 18.8 Å². The molecule has 2 aliphatic rings.